The van der Waals surface area contributed by atoms with Gasteiger partial charge in [0.2, 0.25) is 0 Å². The Bertz CT molecular complexity index is 521. The molecule has 33 heavy (non-hydrogen) atoms. The fraction of sp³-hybridized carbons (Fsp3) is 1.00. The molecule has 0 saturated carbocycles. The van der Waals surface area contributed by atoms with E-state index in [1.807, 2.05) is 0 Å². The van der Waals surface area contributed by atoms with Crippen LogP contribution in [0.15, 0.2) is 0 Å². The fourth-order valence-electron chi connectivity index (χ4n) is 4.13. The van der Waals surface area contributed by atoms with Crippen LogP contribution in [0.1, 0.15) is 58.3 Å². The molecule has 11 nitrogen and oxygen atoms in total. The first-order valence-corrected chi connectivity index (χ1v) is 12.1. The van der Waals surface area contributed by atoms with Crippen LogP contribution in [0.25, 0.3) is 0 Å². The topological polar surface area (TPSA) is 179 Å². The van der Waals surface area contributed by atoms with E-state index < -0.39 is 74.6 Å². The first kappa shape index (κ1) is 28.8. The number of ether oxygens (including phenoxy) is 4. The lowest BCUT2D eigenvalue weighted by atomic mass is 9.97. The maximum Gasteiger partial charge on any atom is 0.187 e. The maximum atomic E-state index is 10.6. The summed E-state index contributed by atoms with van der Waals surface area (Å²) in [7, 11) is 0. The van der Waals surface area contributed by atoms with E-state index in [-0.39, 0.29) is 0 Å². The van der Waals surface area contributed by atoms with E-state index in [4.69, 9.17) is 18.9 Å². The molecule has 0 radical (unpaired) electrons. The van der Waals surface area contributed by atoms with Gasteiger partial charge in [-0.3, -0.25) is 0 Å². The third-order valence-corrected chi connectivity index (χ3v) is 6.24. The molecule has 0 aliphatic carbocycles. The lowest BCUT2D eigenvalue weighted by molar-refractivity contribution is -0.359. The molecule has 0 amide bonds. The van der Waals surface area contributed by atoms with Crippen molar-refractivity contribution in [2.75, 3.05) is 19.8 Å². The van der Waals surface area contributed by atoms with Gasteiger partial charge >= 0.3 is 0 Å². The molecule has 2 aliphatic heterocycles. The van der Waals surface area contributed by atoms with Gasteiger partial charge in [-0.25, -0.2) is 0 Å². The molecule has 0 aromatic rings. The Hall–Kier alpha value is -0.440. The van der Waals surface area contributed by atoms with Crippen molar-refractivity contribution < 1.29 is 54.7 Å². The van der Waals surface area contributed by atoms with Crippen LogP contribution in [0.3, 0.4) is 0 Å². The van der Waals surface area contributed by atoms with Crippen molar-refractivity contribution in [3.63, 3.8) is 0 Å². The van der Waals surface area contributed by atoms with Crippen molar-refractivity contribution in [1.82, 2.24) is 0 Å². The monoisotopic (exact) mass is 482 g/mol. The number of hydrogen-bond donors (Lipinski definition) is 7. The third-order valence-electron chi connectivity index (χ3n) is 6.24. The van der Waals surface area contributed by atoms with Crippen LogP contribution in [-0.4, -0.2) is 117 Å². The van der Waals surface area contributed by atoms with Crippen LogP contribution in [-0.2, 0) is 18.9 Å². The largest absolute Gasteiger partial charge is 0.394 e. The molecule has 0 aromatic carbocycles. The predicted molar refractivity (Wildman–Crippen MR) is 115 cm³/mol. The molecular formula is C22H42O11. The lowest BCUT2D eigenvalue weighted by Crippen LogP contribution is -2.64. The van der Waals surface area contributed by atoms with Gasteiger partial charge in [-0.1, -0.05) is 51.9 Å². The van der Waals surface area contributed by atoms with Crippen LogP contribution < -0.4 is 0 Å². The Morgan fingerprint density at radius 1 is 0.606 bits per heavy atom. The zero-order chi connectivity index (χ0) is 24.4. The molecule has 7 N–H and O–H groups in total. The van der Waals surface area contributed by atoms with E-state index in [1.165, 1.54) is 32.1 Å². The summed E-state index contributed by atoms with van der Waals surface area (Å²) in [6.45, 7) is 1.28. The molecule has 11 heteroatoms. The van der Waals surface area contributed by atoms with Crippen molar-refractivity contribution in [2.24, 2.45) is 0 Å². The molecule has 0 bridgehead atoms. The van der Waals surface area contributed by atoms with E-state index in [9.17, 15) is 35.7 Å². The van der Waals surface area contributed by atoms with E-state index in [1.54, 1.807) is 0 Å². The molecule has 0 unspecified atom stereocenters. The van der Waals surface area contributed by atoms with Gasteiger partial charge in [0.05, 0.1) is 13.2 Å². The van der Waals surface area contributed by atoms with Crippen molar-refractivity contribution in [2.45, 2.75) is 120 Å². The van der Waals surface area contributed by atoms with Crippen LogP contribution in [0.4, 0.5) is 0 Å². The SMILES string of the molecule is CCCCCCCCCCO[C@@H]1O[C@@H](CO)[C@@H](O[C@H]2O[C@@H](CO)[C@@H](O)[C@@H](O)[C@H]2O)[C@@H](O)[C@@H]1O. The Morgan fingerprint density at radius 3 is 1.76 bits per heavy atom. The van der Waals surface area contributed by atoms with Crippen molar-refractivity contribution >= 4 is 0 Å². The third kappa shape index (κ3) is 8.04. The molecular weight excluding hydrogens is 440 g/mol. The minimum Gasteiger partial charge on any atom is -0.394 e. The average Bonchev–Trinajstić information content (AvgIpc) is 2.82. The lowest BCUT2D eigenvalue weighted by Gasteiger charge is -2.45. The highest BCUT2D eigenvalue weighted by atomic mass is 16.7. The van der Waals surface area contributed by atoms with Crippen LogP contribution in [0.5, 0.6) is 0 Å². The van der Waals surface area contributed by atoms with Gasteiger partial charge in [-0.2, -0.15) is 0 Å². The van der Waals surface area contributed by atoms with Crippen molar-refractivity contribution in [3.8, 4) is 0 Å². The summed E-state index contributed by atoms with van der Waals surface area (Å²) in [4.78, 5) is 0. The van der Waals surface area contributed by atoms with E-state index in [0.717, 1.165) is 19.3 Å². The highest BCUT2D eigenvalue weighted by Gasteiger charge is 2.50. The Labute approximate surface area is 194 Å². The molecule has 2 aliphatic rings. The molecule has 2 rings (SSSR count). The first-order chi connectivity index (χ1) is 15.8. The van der Waals surface area contributed by atoms with E-state index in [2.05, 4.69) is 6.92 Å². The van der Waals surface area contributed by atoms with Crippen molar-refractivity contribution in [3.05, 3.63) is 0 Å². The molecule has 0 aromatic heterocycles. The molecule has 0 spiro atoms. The summed E-state index contributed by atoms with van der Waals surface area (Å²) >= 11 is 0. The predicted octanol–water partition coefficient (Wildman–Crippen LogP) is -1.23. The summed E-state index contributed by atoms with van der Waals surface area (Å²) in [5, 5.41) is 69.9. The van der Waals surface area contributed by atoms with E-state index >= 15 is 0 Å². The summed E-state index contributed by atoms with van der Waals surface area (Å²) in [6.07, 6.45) is -5.35. The van der Waals surface area contributed by atoms with Gasteiger partial charge in [0, 0.05) is 6.61 Å². The summed E-state index contributed by atoms with van der Waals surface area (Å²) in [6, 6.07) is 0. The Balaban J connectivity index is 1.82. The fourth-order valence-corrected chi connectivity index (χ4v) is 4.13. The summed E-state index contributed by atoms with van der Waals surface area (Å²) < 4.78 is 22.0. The van der Waals surface area contributed by atoms with Crippen LogP contribution in [0.2, 0.25) is 0 Å². The molecule has 2 saturated heterocycles. The highest BCUT2D eigenvalue weighted by molar-refractivity contribution is 4.94. The maximum absolute atomic E-state index is 10.6. The Kier molecular flexibility index (Phi) is 13.0. The Morgan fingerprint density at radius 2 is 1.15 bits per heavy atom. The number of unbranched alkanes of at least 4 members (excludes halogenated alkanes) is 7. The van der Waals surface area contributed by atoms with Crippen molar-refractivity contribution in [1.29, 1.82) is 0 Å². The first-order valence-electron chi connectivity index (χ1n) is 12.1. The number of hydrogen-bond acceptors (Lipinski definition) is 11. The quantitative estimate of drug-likeness (QED) is 0.147. The molecule has 196 valence electrons. The van der Waals surface area contributed by atoms with E-state index in [0.29, 0.717) is 6.61 Å². The van der Waals surface area contributed by atoms with Crippen LogP contribution >= 0.6 is 0 Å². The zero-order valence-corrected chi connectivity index (χ0v) is 19.3. The minimum atomic E-state index is -1.69. The smallest absolute Gasteiger partial charge is 0.187 e. The summed E-state index contributed by atoms with van der Waals surface area (Å²) in [5.41, 5.74) is 0. The number of aliphatic hydroxyl groups is 7. The molecule has 10 atom stereocenters. The highest BCUT2D eigenvalue weighted by Crippen LogP contribution is 2.29. The number of rotatable bonds is 14. The van der Waals surface area contributed by atoms with Gasteiger partial charge in [0.15, 0.2) is 12.6 Å². The normalized spacial score (nSPS) is 39.6. The minimum absolute atomic E-state index is 0.319. The van der Waals surface area contributed by atoms with Gasteiger partial charge in [0.1, 0.15) is 48.8 Å². The van der Waals surface area contributed by atoms with Gasteiger partial charge in [-0.05, 0) is 6.42 Å². The second kappa shape index (κ2) is 14.8. The summed E-state index contributed by atoms with van der Waals surface area (Å²) in [5.74, 6) is 0. The second-order valence-electron chi connectivity index (χ2n) is 8.85. The standard InChI is InChI=1S/C22H42O11/c1-2-3-4-5-6-7-8-9-10-30-21-19(29)17(27)20(14(12-24)32-21)33-22-18(28)16(26)15(25)13(11-23)31-22/h13-29H,2-12H2,1H3/t13-,14-,15+,16+,17-,18+,19-,20+,21+,22+/m0/s1. The van der Waals surface area contributed by atoms with Gasteiger partial charge < -0.3 is 54.7 Å². The number of aliphatic hydroxyl groups excluding tert-OH is 7. The van der Waals surface area contributed by atoms with Gasteiger partial charge in [0.25, 0.3) is 0 Å². The average molecular weight is 483 g/mol. The van der Waals surface area contributed by atoms with Gasteiger partial charge in [-0.15, -0.1) is 0 Å². The zero-order valence-electron chi connectivity index (χ0n) is 19.3. The van der Waals surface area contributed by atoms with Crippen LogP contribution in [0, 0.1) is 0 Å². The molecule has 2 heterocycles. The second-order valence-corrected chi connectivity index (χ2v) is 8.85. The molecule has 2 fully saturated rings.